The summed E-state index contributed by atoms with van der Waals surface area (Å²) < 4.78 is 0.905. The van der Waals surface area contributed by atoms with Crippen molar-refractivity contribution < 1.29 is 4.79 Å². The molecule has 2 rings (SSSR count). The zero-order valence-corrected chi connectivity index (χ0v) is 14.1. The van der Waals surface area contributed by atoms with Gasteiger partial charge in [-0.2, -0.15) is 0 Å². The molecule has 0 spiro atoms. The lowest BCUT2D eigenvalue weighted by Gasteiger charge is -2.32. The van der Waals surface area contributed by atoms with Gasteiger partial charge in [0.25, 0.3) is 5.91 Å². The van der Waals surface area contributed by atoms with Crippen LogP contribution in [-0.4, -0.2) is 5.91 Å². The molecule has 1 unspecified atom stereocenters. The van der Waals surface area contributed by atoms with Gasteiger partial charge in [0.15, 0.2) is 0 Å². The van der Waals surface area contributed by atoms with Crippen molar-refractivity contribution in [2.45, 2.75) is 26.8 Å². The minimum absolute atomic E-state index is 0.0369. The van der Waals surface area contributed by atoms with E-state index in [1.165, 1.54) is 0 Å². The number of hydrogen-bond donors (Lipinski definition) is 1. The van der Waals surface area contributed by atoms with Crippen molar-refractivity contribution in [1.82, 2.24) is 5.32 Å². The fourth-order valence-corrected chi connectivity index (χ4v) is 2.69. The summed E-state index contributed by atoms with van der Waals surface area (Å²) in [7, 11) is 0. The van der Waals surface area contributed by atoms with E-state index in [-0.39, 0.29) is 17.4 Å². The molecule has 1 amide bonds. The molecule has 1 atom stereocenters. The molecule has 2 nitrogen and oxygen atoms in total. The number of carbonyl (C=O) groups excluding carboxylic acids is 1. The van der Waals surface area contributed by atoms with Crippen LogP contribution in [0.5, 0.6) is 0 Å². The molecule has 0 saturated carbocycles. The fraction of sp³-hybridized carbons (Fsp3) is 0.278. The van der Waals surface area contributed by atoms with Crippen LogP contribution in [0.15, 0.2) is 59.1 Å². The summed E-state index contributed by atoms with van der Waals surface area (Å²) in [6.07, 6.45) is 0. The molecule has 0 saturated heterocycles. The molecular weight excluding hydrogens is 326 g/mol. The van der Waals surface area contributed by atoms with Gasteiger partial charge in [0.1, 0.15) is 0 Å². The Morgan fingerprint density at radius 1 is 1.05 bits per heavy atom. The zero-order chi connectivity index (χ0) is 15.5. The number of benzene rings is 2. The van der Waals surface area contributed by atoms with Crippen molar-refractivity contribution in [3.63, 3.8) is 0 Å². The molecule has 0 aromatic heterocycles. The Bertz CT molecular complexity index is 617. The van der Waals surface area contributed by atoms with Gasteiger partial charge >= 0.3 is 0 Å². The third-order valence-electron chi connectivity index (χ3n) is 3.36. The number of nitrogens with one attached hydrogen (secondary N) is 1. The predicted octanol–water partition coefficient (Wildman–Crippen LogP) is 4.97. The summed E-state index contributed by atoms with van der Waals surface area (Å²) in [5.41, 5.74) is 1.71. The average Bonchev–Trinajstić information content (AvgIpc) is 2.44. The van der Waals surface area contributed by atoms with Crippen molar-refractivity contribution >= 4 is 21.8 Å². The number of carbonyl (C=O) groups is 1. The smallest absolute Gasteiger partial charge is 0.251 e. The molecule has 0 heterocycles. The van der Waals surface area contributed by atoms with Crippen LogP contribution in [0.2, 0.25) is 0 Å². The summed E-state index contributed by atoms with van der Waals surface area (Å²) in [4.78, 5) is 12.5. The monoisotopic (exact) mass is 345 g/mol. The second kappa shape index (κ2) is 6.44. The van der Waals surface area contributed by atoms with Gasteiger partial charge in [-0.15, -0.1) is 0 Å². The summed E-state index contributed by atoms with van der Waals surface area (Å²) in [6.45, 7) is 6.39. The maximum atomic E-state index is 12.5. The minimum atomic E-state index is -0.0664. The first-order valence-corrected chi connectivity index (χ1v) is 7.78. The highest BCUT2D eigenvalue weighted by atomic mass is 79.9. The van der Waals surface area contributed by atoms with Gasteiger partial charge in [-0.25, -0.2) is 0 Å². The average molecular weight is 346 g/mol. The van der Waals surface area contributed by atoms with Crippen LogP contribution in [0.25, 0.3) is 0 Å². The minimum Gasteiger partial charge on any atom is -0.345 e. The van der Waals surface area contributed by atoms with Crippen LogP contribution in [0.4, 0.5) is 0 Å². The molecular formula is C18H20BrNO. The Labute approximate surface area is 134 Å². The molecule has 0 aliphatic heterocycles. The van der Waals surface area contributed by atoms with Crippen molar-refractivity contribution in [2.75, 3.05) is 0 Å². The SMILES string of the molecule is CC(C)(C)C(NC(=O)c1cccc(Br)c1)c1ccccc1. The number of halogens is 1. The zero-order valence-electron chi connectivity index (χ0n) is 12.6. The molecule has 0 aliphatic carbocycles. The van der Waals surface area contributed by atoms with Gasteiger partial charge < -0.3 is 5.32 Å². The first-order valence-electron chi connectivity index (χ1n) is 6.99. The lowest BCUT2D eigenvalue weighted by atomic mass is 9.82. The van der Waals surface area contributed by atoms with Gasteiger partial charge in [-0.3, -0.25) is 4.79 Å². The van der Waals surface area contributed by atoms with Crippen molar-refractivity contribution in [1.29, 1.82) is 0 Å². The van der Waals surface area contributed by atoms with E-state index in [1.54, 1.807) is 0 Å². The van der Waals surface area contributed by atoms with Crippen LogP contribution in [0.1, 0.15) is 42.7 Å². The van der Waals surface area contributed by atoms with E-state index < -0.39 is 0 Å². The van der Waals surface area contributed by atoms with Crippen LogP contribution in [0, 0.1) is 5.41 Å². The van der Waals surface area contributed by atoms with Gasteiger partial charge in [0.2, 0.25) is 0 Å². The quantitative estimate of drug-likeness (QED) is 0.836. The highest BCUT2D eigenvalue weighted by Crippen LogP contribution is 2.32. The first kappa shape index (κ1) is 15.8. The highest BCUT2D eigenvalue weighted by Gasteiger charge is 2.28. The molecule has 2 aromatic rings. The van der Waals surface area contributed by atoms with Gasteiger partial charge in [0, 0.05) is 10.0 Å². The molecule has 0 radical (unpaired) electrons. The summed E-state index contributed by atoms with van der Waals surface area (Å²) >= 11 is 3.40. The number of amides is 1. The fourth-order valence-electron chi connectivity index (χ4n) is 2.29. The molecule has 3 heteroatoms. The lowest BCUT2D eigenvalue weighted by Crippen LogP contribution is -2.36. The Morgan fingerprint density at radius 2 is 1.71 bits per heavy atom. The molecule has 0 bridgehead atoms. The Morgan fingerprint density at radius 3 is 2.29 bits per heavy atom. The standard InChI is InChI=1S/C18H20BrNO/c1-18(2,3)16(13-8-5-4-6-9-13)20-17(21)14-10-7-11-15(19)12-14/h4-12,16H,1-3H3,(H,20,21). The van der Waals surface area contributed by atoms with Gasteiger partial charge in [0.05, 0.1) is 6.04 Å². The van der Waals surface area contributed by atoms with Crippen LogP contribution in [-0.2, 0) is 0 Å². The predicted molar refractivity (Wildman–Crippen MR) is 90.2 cm³/mol. The lowest BCUT2D eigenvalue weighted by molar-refractivity contribution is 0.0901. The summed E-state index contributed by atoms with van der Waals surface area (Å²) in [5.74, 6) is -0.0555. The van der Waals surface area contributed by atoms with Gasteiger partial charge in [-0.1, -0.05) is 73.1 Å². The molecule has 21 heavy (non-hydrogen) atoms. The van der Waals surface area contributed by atoms with E-state index in [0.29, 0.717) is 5.56 Å². The van der Waals surface area contributed by atoms with E-state index in [9.17, 15) is 4.79 Å². The summed E-state index contributed by atoms with van der Waals surface area (Å²) in [5, 5.41) is 3.16. The molecule has 0 aliphatic rings. The molecule has 110 valence electrons. The van der Waals surface area contributed by atoms with E-state index >= 15 is 0 Å². The number of rotatable bonds is 3. The van der Waals surface area contributed by atoms with Crippen molar-refractivity contribution in [3.05, 3.63) is 70.2 Å². The number of hydrogen-bond acceptors (Lipinski definition) is 1. The van der Waals surface area contributed by atoms with Crippen molar-refractivity contribution in [3.8, 4) is 0 Å². The van der Waals surface area contributed by atoms with E-state index in [2.05, 4.69) is 54.2 Å². The molecule has 2 aromatic carbocycles. The Hall–Kier alpha value is -1.61. The third-order valence-corrected chi connectivity index (χ3v) is 3.85. The summed E-state index contributed by atoms with van der Waals surface area (Å²) in [6, 6.07) is 17.5. The molecule has 0 fully saturated rings. The second-order valence-corrected chi connectivity index (χ2v) is 7.11. The van der Waals surface area contributed by atoms with Crippen LogP contribution in [0.3, 0.4) is 0 Å². The highest BCUT2D eigenvalue weighted by molar-refractivity contribution is 9.10. The topological polar surface area (TPSA) is 29.1 Å². The normalized spacial score (nSPS) is 12.8. The largest absolute Gasteiger partial charge is 0.345 e. The second-order valence-electron chi connectivity index (χ2n) is 6.19. The van der Waals surface area contributed by atoms with Crippen LogP contribution >= 0.6 is 15.9 Å². The van der Waals surface area contributed by atoms with E-state index in [1.807, 2.05) is 42.5 Å². The van der Waals surface area contributed by atoms with Crippen molar-refractivity contribution in [2.24, 2.45) is 5.41 Å². The van der Waals surface area contributed by atoms with E-state index in [4.69, 9.17) is 0 Å². The maximum absolute atomic E-state index is 12.5. The van der Waals surface area contributed by atoms with E-state index in [0.717, 1.165) is 10.0 Å². The van der Waals surface area contributed by atoms with Gasteiger partial charge in [-0.05, 0) is 29.2 Å². The third kappa shape index (κ3) is 4.18. The molecule has 1 N–H and O–H groups in total. The first-order chi connectivity index (χ1) is 9.88. The van der Waals surface area contributed by atoms with Crippen LogP contribution < -0.4 is 5.32 Å². The Kier molecular flexibility index (Phi) is 4.84. The Balaban J connectivity index is 2.26. The maximum Gasteiger partial charge on any atom is 0.251 e.